The van der Waals surface area contributed by atoms with Gasteiger partial charge < -0.3 is 14.8 Å². The number of para-hydroxylation sites is 2. The molecule has 0 unspecified atom stereocenters. The van der Waals surface area contributed by atoms with Crippen LogP contribution in [0.5, 0.6) is 0 Å². The molecule has 0 fully saturated rings. The number of aromatic nitrogens is 2. The number of aliphatic hydroxyl groups excluding tert-OH is 1. The summed E-state index contributed by atoms with van der Waals surface area (Å²) < 4.78 is 29.0. The van der Waals surface area contributed by atoms with Gasteiger partial charge in [0.25, 0.3) is 0 Å². The zero-order chi connectivity index (χ0) is 21.2. The van der Waals surface area contributed by atoms with Crippen molar-refractivity contribution in [3.8, 4) is 6.07 Å². The number of rotatable bonds is 5. The Balaban J connectivity index is 1.92. The zero-order valence-corrected chi connectivity index (χ0v) is 16.4. The third kappa shape index (κ3) is 4.12. The molecule has 0 aliphatic carbocycles. The molecule has 1 atom stereocenters. The first-order valence-electron chi connectivity index (χ1n) is 8.50. The van der Waals surface area contributed by atoms with Gasteiger partial charge in [-0.05, 0) is 31.2 Å². The van der Waals surface area contributed by atoms with Crippen LogP contribution in [0.15, 0.2) is 59.2 Å². The van der Waals surface area contributed by atoms with Crippen LogP contribution in [0.1, 0.15) is 23.1 Å². The number of fused-ring (bicyclic) bond motifs is 1. The lowest BCUT2D eigenvalue weighted by Gasteiger charge is -2.15. The van der Waals surface area contributed by atoms with Crippen LogP contribution < -0.4 is 0 Å². The Morgan fingerprint density at radius 1 is 1.21 bits per heavy atom. The van der Waals surface area contributed by atoms with Gasteiger partial charge in [0, 0.05) is 6.26 Å². The van der Waals surface area contributed by atoms with E-state index in [2.05, 4.69) is 9.97 Å². The van der Waals surface area contributed by atoms with Crippen molar-refractivity contribution in [1.29, 1.82) is 5.26 Å². The van der Waals surface area contributed by atoms with Crippen molar-refractivity contribution in [3.63, 3.8) is 0 Å². The number of hydrogen-bond acceptors (Lipinski definition) is 7. The molecular formula is C20H17N3O5S. The van der Waals surface area contributed by atoms with Crippen molar-refractivity contribution >= 4 is 32.4 Å². The maximum Gasteiger partial charge on any atom is 0.340 e. The molecule has 0 aliphatic heterocycles. The highest BCUT2D eigenvalue weighted by Gasteiger charge is 2.25. The number of carbonyl (C=O) groups excluding carboxylic acids is 1. The number of imidazole rings is 1. The van der Waals surface area contributed by atoms with E-state index in [4.69, 9.17) is 4.74 Å². The Labute approximate surface area is 167 Å². The number of carbonyl (C=O) groups is 1. The summed E-state index contributed by atoms with van der Waals surface area (Å²) in [5.74, 6) is -1.31. The number of nitrogens with one attached hydrogen (secondary N) is 1. The number of aliphatic hydroxyl groups is 1. The summed E-state index contributed by atoms with van der Waals surface area (Å²) >= 11 is 0. The number of nitriles is 1. The van der Waals surface area contributed by atoms with Crippen molar-refractivity contribution in [3.05, 3.63) is 65.7 Å². The van der Waals surface area contributed by atoms with Gasteiger partial charge in [0.2, 0.25) is 0 Å². The first kappa shape index (κ1) is 20.1. The number of nitrogens with zero attached hydrogens (tertiary/aromatic N) is 2. The number of benzene rings is 2. The number of allylic oxidation sites excluding steroid dienone is 1. The van der Waals surface area contributed by atoms with Crippen LogP contribution in [-0.4, -0.2) is 41.8 Å². The summed E-state index contributed by atoms with van der Waals surface area (Å²) in [4.78, 5) is 19.5. The minimum absolute atomic E-state index is 0.130. The first-order valence-corrected chi connectivity index (χ1v) is 10.4. The molecule has 0 spiro atoms. The number of ether oxygens (including phenoxy) is 1. The largest absolute Gasteiger partial charge is 0.507 e. The summed E-state index contributed by atoms with van der Waals surface area (Å²) in [6, 6.07) is 14.5. The molecule has 0 bridgehead atoms. The Hall–Kier alpha value is -3.64. The summed E-state index contributed by atoms with van der Waals surface area (Å²) in [6.45, 7) is 1.37. The molecule has 0 saturated carbocycles. The highest BCUT2D eigenvalue weighted by molar-refractivity contribution is 7.90. The molecule has 3 aromatic rings. The number of sulfone groups is 1. The second kappa shape index (κ2) is 7.77. The van der Waals surface area contributed by atoms with Crippen LogP contribution in [0.4, 0.5) is 0 Å². The van der Waals surface area contributed by atoms with Crippen molar-refractivity contribution in [2.75, 3.05) is 6.26 Å². The van der Waals surface area contributed by atoms with Crippen molar-refractivity contribution < 1.29 is 23.1 Å². The van der Waals surface area contributed by atoms with Gasteiger partial charge in [-0.15, -0.1) is 0 Å². The molecule has 3 rings (SSSR count). The van der Waals surface area contributed by atoms with E-state index >= 15 is 0 Å². The van der Waals surface area contributed by atoms with Gasteiger partial charge in [-0.3, -0.25) is 0 Å². The molecule has 0 radical (unpaired) electrons. The number of H-pyrrole nitrogens is 1. The van der Waals surface area contributed by atoms with E-state index in [0.717, 1.165) is 6.26 Å². The smallest absolute Gasteiger partial charge is 0.340 e. The number of esters is 1. The molecule has 0 saturated heterocycles. The van der Waals surface area contributed by atoms with E-state index < -0.39 is 27.7 Å². The minimum Gasteiger partial charge on any atom is -0.507 e. The normalized spacial score (nSPS) is 13.4. The van der Waals surface area contributed by atoms with Gasteiger partial charge >= 0.3 is 5.97 Å². The standard InChI is InChI=1S/C20H17N3O5S/c1-12(28-20(25)13-7-3-6-10-17(13)29(2,26)27)18(24)14(11-21)19-22-15-8-4-5-9-16(15)23-19/h3-10,12,24H,1-2H3,(H,22,23)/b18-14-/t12-/m0/s1. The zero-order valence-electron chi connectivity index (χ0n) is 15.6. The summed E-state index contributed by atoms with van der Waals surface area (Å²) in [7, 11) is -3.66. The average molecular weight is 411 g/mol. The van der Waals surface area contributed by atoms with Gasteiger partial charge in [-0.2, -0.15) is 5.26 Å². The topological polar surface area (TPSA) is 133 Å². The Morgan fingerprint density at radius 2 is 1.86 bits per heavy atom. The van der Waals surface area contributed by atoms with E-state index in [0.29, 0.717) is 11.0 Å². The molecule has 8 nitrogen and oxygen atoms in total. The molecule has 0 aliphatic rings. The van der Waals surface area contributed by atoms with E-state index in [-0.39, 0.29) is 21.9 Å². The second-order valence-corrected chi connectivity index (χ2v) is 8.27. The van der Waals surface area contributed by atoms with Gasteiger partial charge in [-0.1, -0.05) is 24.3 Å². The van der Waals surface area contributed by atoms with Gasteiger partial charge in [-0.25, -0.2) is 18.2 Å². The average Bonchev–Trinajstić information content (AvgIpc) is 3.11. The van der Waals surface area contributed by atoms with Crippen LogP contribution in [0.25, 0.3) is 16.6 Å². The summed E-state index contributed by atoms with van der Waals surface area (Å²) in [5, 5.41) is 20.0. The Bertz CT molecular complexity index is 1240. The molecule has 2 N–H and O–H groups in total. The fourth-order valence-electron chi connectivity index (χ4n) is 2.74. The maximum absolute atomic E-state index is 12.5. The van der Waals surface area contributed by atoms with Crippen LogP contribution in [0, 0.1) is 11.3 Å². The predicted octanol–water partition coefficient (Wildman–Crippen LogP) is 3.00. The van der Waals surface area contributed by atoms with Gasteiger partial charge in [0.05, 0.1) is 21.5 Å². The quantitative estimate of drug-likeness (QED) is 0.374. The fraction of sp³-hybridized carbons (Fsp3) is 0.150. The molecular weight excluding hydrogens is 394 g/mol. The molecule has 29 heavy (non-hydrogen) atoms. The molecule has 9 heteroatoms. The highest BCUT2D eigenvalue weighted by Crippen LogP contribution is 2.23. The third-order valence-corrected chi connectivity index (χ3v) is 5.32. The molecule has 148 valence electrons. The summed E-state index contributed by atoms with van der Waals surface area (Å²) in [6.07, 6.45) is -0.229. The van der Waals surface area contributed by atoms with Gasteiger partial charge in [0.1, 0.15) is 11.6 Å². The monoisotopic (exact) mass is 411 g/mol. The van der Waals surface area contributed by atoms with E-state index in [1.807, 2.05) is 6.07 Å². The number of hydrogen-bond donors (Lipinski definition) is 2. The Morgan fingerprint density at radius 3 is 2.52 bits per heavy atom. The molecule has 1 aromatic heterocycles. The lowest BCUT2D eigenvalue weighted by atomic mass is 10.1. The van der Waals surface area contributed by atoms with Crippen molar-refractivity contribution in [2.24, 2.45) is 0 Å². The van der Waals surface area contributed by atoms with Crippen molar-refractivity contribution in [1.82, 2.24) is 9.97 Å². The molecule has 0 amide bonds. The molecule has 1 heterocycles. The van der Waals surface area contributed by atoms with Crippen molar-refractivity contribution in [2.45, 2.75) is 17.9 Å². The maximum atomic E-state index is 12.5. The van der Waals surface area contributed by atoms with Crippen LogP contribution in [-0.2, 0) is 14.6 Å². The second-order valence-electron chi connectivity index (χ2n) is 6.29. The van der Waals surface area contributed by atoms with E-state index in [1.54, 1.807) is 24.3 Å². The molecule has 2 aromatic carbocycles. The Kier molecular flexibility index (Phi) is 5.39. The van der Waals surface area contributed by atoms with Crippen LogP contribution in [0.3, 0.4) is 0 Å². The van der Waals surface area contributed by atoms with E-state index in [1.165, 1.54) is 31.2 Å². The van der Waals surface area contributed by atoms with Gasteiger partial charge in [0.15, 0.2) is 27.5 Å². The number of aromatic amines is 1. The highest BCUT2D eigenvalue weighted by atomic mass is 32.2. The summed E-state index contributed by atoms with van der Waals surface area (Å²) in [5.41, 5.74) is 0.944. The van der Waals surface area contributed by atoms with Crippen LogP contribution >= 0.6 is 0 Å². The third-order valence-electron chi connectivity index (χ3n) is 4.17. The predicted molar refractivity (Wildman–Crippen MR) is 106 cm³/mol. The first-order chi connectivity index (χ1) is 13.7. The van der Waals surface area contributed by atoms with E-state index in [9.17, 15) is 23.6 Å². The SMILES string of the molecule is C[C@H](OC(=O)c1ccccc1S(C)(=O)=O)/C(O)=C(\C#N)c1nc2ccccc2[nH]1. The fourth-order valence-corrected chi connectivity index (χ4v) is 3.62. The van der Waals surface area contributed by atoms with Crippen LogP contribution in [0.2, 0.25) is 0 Å². The lowest BCUT2D eigenvalue weighted by Crippen LogP contribution is -2.20. The minimum atomic E-state index is -3.66. The lowest BCUT2D eigenvalue weighted by molar-refractivity contribution is 0.0329.